The first-order valence-electron chi connectivity index (χ1n) is 5.90. The molecule has 6 heteroatoms. The molecule has 2 aromatic rings. The predicted octanol–water partition coefficient (Wildman–Crippen LogP) is 4.09. The normalized spacial score (nSPS) is 11.3. The summed E-state index contributed by atoms with van der Waals surface area (Å²) in [5, 5.41) is 2.24. The van der Waals surface area contributed by atoms with Crippen LogP contribution in [0.3, 0.4) is 0 Å². The molecule has 0 N–H and O–H groups in total. The minimum absolute atomic E-state index is 0.196. The maximum absolute atomic E-state index is 12.7. The van der Waals surface area contributed by atoms with E-state index in [4.69, 9.17) is 11.6 Å². The standard InChI is InChI=1S/C14H14ClNO2S2/c1-3-8-16(13-10-12(15)7-6-11(13)2)20(17,18)14-5-4-9-19-14/h3-7,9-10H,1,8H2,2H3. The van der Waals surface area contributed by atoms with Crippen LogP contribution in [0.4, 0.5) is 5.69 Å². The largest absolute Gasteiger partial charge is 0.274 e. The fraction of sp³-hybridized carbons (Fsp3) is 0.143. The lowest BCUT2D eigenvalue weighted by molar-refractivity contribution is 0.595. The Morgan fingerprint density at radius 1 is 1.40 bits per heavy atom. The number of hydrogen-bond acceptors (Lipinski definition) is 3. The van der Waals surface area contributed by atoms with Crippen molar-refractivity contribution in [3.63, 3.8) is 0 Å². The molecule has 0 unspecified atom stereocenters. The van der Waals surface area contributed by atoms with Gasteiger partial charge in [-0.1, -0.05) is 29.8 Å². The van der Waals surface area contributed by atoms with Crippen LogP contribution in [-0.4, -0.2) is 15.0 Å². The Morgan fingerprint density at radius 2 is 2.15 bits per heavy atom. The fourth-order valence-electron chi connectivity index (χ4n) is 1.81. The van der Waals surface area contributed by atoms with Crippen molar-refractivity contribution in [3.05, 3.63) is 59.0 Å². The number of sulfonamides is 1. The van der Waals surface area contributed by atoms with Gasteiger partial charge in [-0.25, -0.2) is 8.42 Å². The predicted molar refractivity (Wildman–Crippen MR) is 85.2 cm³/mol. The maximum atomic E-state index is 12.7. The van der Waals surface area contributed by atoms with Crippen molar-refractivity contribution in [2.75, 3.05) is 10.8 Å². The van der Waals surface area contributed by atoms with E-state index in [1.165, 1.54) is 15.6 Å². The van der Waals surface area contributed by atoms with Crippen LogP contribution < -0.4 is 4.31 Å². The van der Waals surface area contributed by atoms with Gasteiger partial charge < -0.3 is 0 Å². The van der Waals surface area contributed by atoms with Gasteiger partial charge in [0.05, 0.1) is 12.2 Å². The first kappa shape index (κ1) is 15.1. The highest BCUT2D eigenvalue weighted by molar-refractivity contribution is 7.94. The van der Waals surface area contributed by atoms with Gasteiger partial charge in [0.1, 0.15) is 4.21 Å². The summed E-state index contributed by atoms with van der Waals surface area (Å²) in [5.74, 6) is 0. The summed E-state index contributed by atoms with van der Waals surface area (Å²) in [4.78, 5) is 0. The van der Waals surface area contributed by atoms with Crippen molar-refractivity contribution in [1.82, 2.24) is 0 Å². The molecule has 0 amide bonds. The van der Waals surface area contributed by atoms with Crippen LogP contribution in [0.25, 0.3) is 0 Å². The first-order chi connectivity index (χ1) is 9.46. The first-order valence-corrected chi connectivity index (χ1v) is 8.60. The minimum atomic E-state index is -3.59. The van der Waals surface area contributed by atoms with Gasteiger partial charge in [-0.15, -0.1) is 17.9 Å². The number of benzene rings is 1. The lowest BCUT2D eigenvalue weighted by atomic mass is 10.2. The third kappa shape index (κ3) is 2.90. The van der Waals surface area contributed by atoms with Gasteiger partial charge >= 0.3 is 0 Å². The van der Waals surface area contributed by atoms with E-state index in [1.54, 1.807) is 41.8 Å². The topological polar surface area (TPSA) is 37.4 Å². The molecule has 0 bridgehead atoms. The van der Waals surface area contributed by atoms with E-state index >= 15 is 0 Å². The van der Waals surface area contributed by atoms with Gasteiger partial charge in [-0.05, 0) is 36.1 Å². The molecular weight excluding hydrogens is 314 g/mol. The van der Waals surface area contributed by atoms with Crippen LogP contribution in [0.5, 0.6) is 0 Å². The molecule has 1 aromatic heterocycles. The molecule has 0 saturated carbocycles. The smallest absolute Gasteiger partial charge is 0.262 e. The zero-order chi connectivity index (χ0) is 14.8. The van der Waals surface area contributed by atoms with E-state index in [0.717, 1.165) is 5.56 Å². The maximum Gasteiger partial charge on any atom is 0.274 e. The van der Waals surface area contributed by atoms with E-state index < -0.39 is 10.0 Å². The summed E-state index contributed by atoms with van der Waals surface area (Å²) in [5.41, 5.74) is 1.42. The van der Waals surface area contributed by atoms with Crippen LogP contribution in [0.2, 0.25) is 5.02 Å². The molecule has 3 nitrogen and oxygen atoms in total. The molecule has 1 aromatic carbocycles. The van der Waals surface area contributed by atoms with Crippen LogP contribution in [0, 0.1) is 6.92 Å². The summed E-state index contributed by atoms with van der Waals surface area (Å²) in [7, 11) is -3.59. The molecule has 0 aliphatic heterocycles. The Morgan fingerprint density at radius 3 is 2.75 bits per heavy atom. The Balaban J connectivity index is 2.57. The number of rotatable bonds is 5. The monoisotopic (exact) mass is 327 g/mol. The minimum Gasteiger partial charge on any atom is -0.262 e. The molecule has 0 saturated heterocycles. The number of nitrogens with zero attached hydrogens (tertiary/aromatic N) is 1. The molecule has 0 spiro atoms. The summed E-state index contributed by atoms with van der Waals surface area (Å²) in [6, 6.07) is 8.51. The molecule has 0 aliphatic rings. The van der Waals surface area contributed by atoms with Crippen LogP contribution in [-0.2, 0) is 10.0 Å². The molecular formula is C14H14ClNO2S2. The van der Waals surface area contributed by atoms with E-state index in [1.807, 2.05) is 6.92 Å². The Bertz CT molecular complexity index is 709. The number of hydrogen-bond donors (Lipinski definition) is 0. The van der Waals surface area contributed by atoms with Crippen molar-refractivity contribution < 1.29 is 8.42 Å². The van der Waals surface area contributed by atoms with Crippen molar-refractivity contribution in [2.45, 2.75) is 11.1 Å². The average Bonchev–Trinajstić information content (AvgIpc) is 2.93. The zero-order valence-corrected chi connectivity index (χ0v) is 13.3. The van der Waals surface area contributed by atoms with E-state index in [0.29, 0.717) is 14.9 Å². The fourth-order valence-corrected chi connectivity index (χ4v) is 4.58. The van der Waals surface area contributed by atoms with Gasteiger partial charge in [-0.3, -0.25) is 4.31 Å². The van der Waals surface area contributed by atoms with Crippen molar-refractivity contribution >= 4 is 38.6 Å². The lowest BCUT2D eigenvalue weighted by Gasteiger charge is -2.24. The van der Waals surface area contributed by atoms with Crippen molar-refractivity contribution in [3.8, 4) is 0 Å². The van der Waals surface area contributed by atoms with Gasteiger partial charge in [0.25, 0.3) is 10.0 Å². The van der Waals surface area contributed by atoms with Gasteiger partial charge in [0.2, 0.25) is 0 Å². The van der Waals surface area contributed by atoms with Gasteiger partial charge in [0, 0.05) is 5.02 Å². The Kier molecular flexibility index (Phi) is 4.52. The quantitative estimate of drug-likeness (QED) is 0.776. The summed E-state index contributed by atoms with van der Waals surface area (Å²) < 4.78 is 27.0. The van der Waals surface area contributed by atoms with Gasteiger partial charge in [-0.2, -0.15) is 0 Å². The highest BCUT2D eigenvalue weighted by Gasteiger charge is 2.26. The highest BCUT2D eigenvalue weighted by Crippen LogP contribution is 2.30. The number of thiophene rings is 1. The summed E-state index contributed by atoms with van der Waals surface area (Å²) in [6.07, 6.45) is 1.56. The number of aryl methyl sites for hydroxylation is 1. The number of anilines is 1. The van der Waals surface area contributed by atoms with Gasteiger partial charge in [0.15, 0.2) is 0 Å². The number of halogens is 1. The molecule has 20 heavy (non-hydrogen) atoms. The molecule has 1 heterocycles. The molecule has 0 atom stereocenters. The second kappa shape index (κ2) is 5.99. The highest BCUT2D eigenvalue weighted by atomic mass is 35.5. The Hall–Kier alpha value is -1.30. The second-order valence-corrected chi connectivity index (χ2v) is 7.66. The zero-order valence-electron chi connectivity index (χ0n) is 10.9. The molecule has 0 fully saturated rings. The van der Waals surface area contributed by atoms with E-state index in [2.05, 4.69) is 6.58 Å². The van der Waals surface area contributed by atoms with Crippen molar-refractivity contribution in [1.29, 1.82) is 0 Å². The third-order valence-corrected chi connectivity index (χ3v) is 6.16. The van der Waals surface area contributed by atoms with E-state index in [9.17, 15) is 8.42 Å². The molecule has 2 rings (SSSR count). The molecule has 106 valence electrons. The Labute approximate surface area is 128 Å². The molecule has 0 radical (unpaired) electrons. The summed E-state index contributed by atoms with van der Waals surface area (Å²) in [6.45, 7) is 5.69. The SMILES string of the molecule is C=CCN(c1cc(Cl)ccc1C)S(=O)(=O)c1cccs1. The summed E-state index contributed by atoms with van der Waals surface area (Å²) >= 11 is 7.18. The van der Waals surface area contributed by atoms with Crippen molar-refractivity contribution in [2.24, 2.45) is 0 Å². The van der Waals surface area contributed by atoms with E-state index in [-0.39, 0.29) is 6.54 Å². The molecule has 0 aliphatic carbocycles. The lowest BCUT2D eigenvalue weighted by Crippen LogP contribution is -2.31. The second-order valence-electron chi connectivity index (χ2n) is 4.19. The van der Waals surface area contributed by atoms with Crippen LogP contribution in [0.1, 0.15) is 5.56 Å². The average molecular weight is 328 g/mol. The van der Waals surface area contributed by atoms with Crippen LogP contribution in [0.15, 0.2) is 52.6 Å². The third-order valence-electron chi connectivity index (χ3n) is 2.77. The van der Waals surface area contributed by atoms with Crippen LogP contribution >= 0.6 is 22.9 Å².